The molecular formula is C11H23NOS. The number of hydrogen-bond donors (Lipinski definition) is 1. The van der Waals surface area contributed by atoms with Gasteiger partial charge in [-0.2, -0.15) is 11.8 Å². The third kappa shape index (κ3) is 4.67. The minimum atomic E-state index is 0.125. The van der Waals surface area contributed by atoms with Crippen LogP contribution in [0.2, 0.25) is 0 Å². The summed E-state index contributed by atoms with van der Waals surface area (Å²) in [4.78, 5) is 0. The molecule has 3 heteroatoms. The Morgan fingerprint density at radius 3 is 2.93 bits per heavy atom. The van der Waals surface area contributed by atoms with Crippen LogP contribution in [0.25, 0.3) is 0 Å². The van der Waals surface area contributed by atoms with E-state index in [9.17, 15) is 0 Å². The van der Waals surface area contributed by atoms with E-state index in [1.165, 1.54) is 31.4 Å². The molecule has 0 amide bonds. The van der Waals surface area contributed by atoms with Crippen LogP contribution in [0.15, 0.2) is 0 Å². The van der Waals surface area contributed by atoms with Crippen LogP contribution in [0.3, 0.4) is 0 Å². The van der Waals surface area contributed by atoms with E-state index < -0.39 is 0 Å². The van der Waals surface area contributed by atoms with Gasteiger partial charge in [-0.1, -0.05) is 0 Å². The summed E-state index contributed by atoms with van der Waals surface area (Å²) in [6.07, 6.45) is 7.22. The van der Waals surface area contributed by atoms with E-state index in [0.29, 0.717) is 0 Å². The highest BCUT2D eigenvalue weighted by molar-refractivity contribution is 7.98. The van der Waals surface area contributed by atoms with Gasteiger partial charge in [0.15, 0.2) is 0 Å². The molecule has 1 heterocycles. The van der Waals surface area contributed by atoms with E-state index in [1.807, 2.05) is 11.8 Å². The van der Waals surface area contributed by atoms with Gasteiger partial charge in [-0.3, -0.25) is 0 Å². The average Bonchev–Trinajstić information content (AvgIpc) is 2.59. The molecule has 1 fully saturated rings. The summed E-state index contributed by atoms with van der Waals surface area (Å²) in [6.45, 7) is 5.32. The van der Waals surface area contributed by atoms with E-state index in [1.54, 1.807) is 0 Å². The fraction of sp³-hybridized carbons (Fsp3) is 1.00. The van der Waals surface area contributed by atoms with Crippen LogP contribution >= 0.6 is 11.8 Å². The van der Waals surface area contributed by atoms with E-state index in [-0.39, 0.29) is 5.60 Å². The van der Waals surface area contributed by atoms with Crippen LogP contribution < -0.4 is 5.32 Å². The molecule has 0 spiro atoms. The summed E-state index contributed by atoms with van der Waals surface area (Å²) in [5.74, 6) is 1.29. The highest BCUT2D eigenvalue weighted by Crippen LogP contribution is 2.23. The van der Waals surface area contributed by atoms with Gasteiger partial charge in [0.05, 0.1) is 5.60 Å². The largest absolute Gasteiger partial charge is 0.374 e. The molecule has 1 rings (SSSR count). The molecule has 1 unspecified atom stereocenters. The molecular weight excluding hydrogens is 194 g/mol. The summed E-state index contributed by atoms with van der Waals surface area (Å²) in [6, 6.07) is 0. The first kappa shape index (κ1) is 12.3. The first-order valence-electron chi connectivity index (χ1n) is 5.60. The first-order chi connectivity index (χ1) is 6.77. The lowest BCUT2D eigenvalue weighted by Crippen LogP contribution is -2.37. The second-order valence-electron chi connectivity index (χ2n) is 4.28. The monoisotopic (exact) mass is 217 g/mol. The molecule has 0 aromatic rings. The Balaban J connectivity index is 1.92. The van der Waals surface area contributed by atoms with Crippen molar-refractivity contribution < 1.29 is 4.74 Å². The minimum Gasteiger partial charge on any atom is -0.374 e. The van der Waals surface area contributed by atoms with Gasteiger partial charge in [0.25, 0.3) is 0 Å². The number of rotatable bonds is 7. The second kappa shape index (κ2) is 6.70. The molecule has 0 aromatic carbocycles. The Labute approximate surface area is 92.2 Å². The SMILES string of the molecule is CSCCCCNCC1(C)CCCO1. The molecule has 0 aromatic heterocycles. The molecule has 0 bridgehead atoms. The van der Waals surface area contributed by atoms with Crippen LogP contribution in [0.5, 0.6) is 0 Å². The highest BCUT2D eigenvalue weighted by Gasteiger charge is 2.28. The van der Waals surface area contributed by atoms with Crippen LogP contribution in [-0.2, 0) is 4.74 Å². The van der Waals surface area contributed by atoms with Crippen LogP contribution in [0.4, 0.5) is 0 Å². The number of hydrogen-bond acceptors (Lipinski definition) is 3. The molecule has 84 valence electrons. The number of thioether (sulfide) groups is 1. The number of unbranched alkanes of at least 4 members (excludes halogenated alkanes) is 1. The fourth-order valence-electron chi connectivity index (χ4n) is 1.83. The highest BCUT2D eigenvalue weighted by atomic mass is 32.2. The average molecular weight is 217 g/mol. The Bertz CT molecular complexity index is 146. The molecule has 0 radical (unpaired) electrons. The Kier molecular flexibility index (Phi) is 5.90. The third-order valence-electron chi connectivity index (χ3n) is 2.75. The quantitative estimate of drug-likeness (QED) is 0.661. The first-order valence-corrected chi connectivity index (χ1v) is 7.00. The summed E-state index contributed by atoms with van der Waals surface area (Å²) >= 11 is 1.93. The number of ether oxygens (including phenoxy) is 1. The van der Waals surface area contributed by atoms with Crippen molar-refractivity contribution in [2.45, 2.75) is 38.2 Å². The minimum absolute atomic E-state index is 0.125. The maximum Gasteiger partial charge on any atom is 0.0779 e. The maximum absolute atomic E-state index is 5.70. The predicted molar refractivity (Wildman–Crippen MR) is 64.1 cm³/mol. The predicted octanol–water partition coefficient (Wildman–Crippen LogP) is 2.29. The summed E-state index contributed by atoms with van der Waals surface area (Å²) in [5.41, 5.74) is 0.125. The van der Waals surface area contributed by atoms with Crippen molar-refractivity contribution in [2.24, 2.45) is 0 Å². The maximum atomic E-state index is 5.70. The summed E-state index contributed by atoms with van der Waals surface area (Å²) in [7, 11) is 0. The molecule has 1 atom stereocenters. The van der Waals surface area contributed by atoms with Gasteiger partial charge >= 0.3 is 0 Å². The summed E-state index contributed by atoms with van der Waals surface area (Å²) in [5, 5.41) is 3.49. The summed E-state index contributed by atoms with van der Waals surface area (Å²) < 4.78 is 5.70. The van der Waals surface area contributed by atoms with E-state index in [0.717, 1.165) is 19.7 Å². The van der Waals surface area contributed by atoms with Crippen molar-refractivity contribution in [1.82, 2.24) is 5.32 Å². The van der Waals surface area contributed by atoms with Crippen molar-refractivity contribution in [3.8, 4) is 0 Å². The fourth-order valence-corrected chi connectivity index (χ4v) is 2.32. The molecule has 14 heavy (non-hydrogen) atoms. The third-order valence-corrected chi connectivity index (χ3v) is 3.45. The van der Waals surface area contributed by atoms with Crippen molar-refractivity contribution in [3.63, 3.8) is 0 Å². The second-order valence-corrected chi connectivity index (χ2v) is 5.26. The van der Waals surface area contributed by atoms with E-state index >= 15 is 0 Å². The molecule has 1 saturated heterocycles. The topological polar surface area (TPSA) is 21.3 Å². The Hall–Kier alpha value is 0.270. The van der Waals surface area contributed by atoms with Gasteiger partial charge in [0.2, 0.25) is 0 Å². The van der Waals surface area contributed by atoms with Gasteiger partial charge in [-0.15, -0.1) is 0 Å². The zero-order valence-electron chi connectivity index (χ0n) is 9.47. The molecule has 0 saturated carbocycles. The zero-order valence-corrected chi connectivity index (χ0v) is 10.3. The lowest BCUT2D eigenvalue weighted by molar-refractivity contribution is 0.0210. The Morgan fingerprint density at radius 1 is 1.43 bits per heavy atom. The van der Waals surface area contributed by atoms with Gasteiger partial charge in [-0.25, -0.2) is 0 Å². The standard InChI is InChI=1S/C11H23NOS/c1-11(6-5-8-13-11)10-12-7-3-4-9-14-2/h12H,3-10H2,1-2H3. The molecule has 1 aliphatic rings. The van der Waals surface area contributed by atoms with Gasteiger partial charge in [0, 0.05) is 13.2 Å². The van der Waals surface area contributed by atoms with Crippen LogP contribution in [-0.4, -0.2) is 37.3 Å². The van der Waals surface area contributed by atoms with Crippen molar-refractivity contribution in [3.05, 3.63) is 0 Å². The number of nitrogens with one attached hydrogen (secondary N) is 1. The smallest absolute Gasteiger partial charge is 0.0779 e. The molecule has 1 aliphatic heterocycles. The van der Waals surface area contributed by atoms with E-state index in [4.69, 9.17) is 4.74 Å². The lowest BCUT2D eigenvalue weighted by Gasteiger charge is -2.23. The zero-order chi connectivity index (χ0) is 10.3. The molecule has 0 aliphatic carbocycles. The van der Waals surface area contributed by atoms with Crippen molar-refractivity contribution >= 4 is 11.8 Å². The lowest BCUT2D eigenvalue weighted by atomic mass is 10.0. The van der Waals surface area contributed by atoms with Crippen LogP contribution in [0, 0.1) is 0 Å². The normalized spacial score (nSPS) is 27.0. The van der Waals surface area contributed by atoms with E-state index in [2.05, 4.69) is 18.5 Å². The van der Waals surface area contributed by atoms with Gasteiger partial charge in [0.1, 0.15) is 0 Å². The van der Waals surface area contributed by atoms with Crippen LogP contribution in [0.1, 0.15) is 32.6 Å². The van der Waals surface area contributed by atoms with Gasteiger partial charge in [-0.05, 0) is 51.2 Å². The van der Waals surface area contributed by atoms with Crippen molar-refractivity contribution in [2.75, 3.05) is 31.7 Å². The van der Waals surface area contributed by atoms with Gasteiger partial charge < -0.3 is 10.1 Å². The Morgan fingerprint density at radius 2 is 2.29 bits per heavy atom. The molecule has 2 nitrogen and oxygen atoms in total. The van der Waals surface area contributed by atoms with Crippen molar-refractivity contribution in [1.29, 1.82) is 0 Å². The molecule has 1 N–H and O–H groups in total.